The summed E-state index contributed by atoms with van der Waals surface area (Å²) >= 11 is 0. The van der Waals surface area contributed by atoms with Gasteiger partial charge >= 0.3 is 0 Å². The maximum atomic E-state index is 12.7. The van der Waals surface area contributed by atoms with Crippen molar-refractivity contribution < 1.29 is 9.59 Å². The summed E-state index contributed by atoms with van der Waals surface area (Å²) in [7, 11) is 0. The summed E-state index contributed by atoms with van der Waals surface area (Å²) in [5.74, 6) is 1.56. The summed E-state index contributed by atoms with van der Waals surface area (Å²) in [4.78, 5) is 25.4. The molecule has 2 heterocycles. The van der Waals surface area contributed by atoms with Crippen LogP contribution in [0.25, 0.3) is 0 Å². The molecular formula is C22H31N5O2. The molecule has 0 saturated heterocycles. The van der Waals surface area contributed by atoms with Gasteiger partial charge in [-0.25, -0.2) is 0 Å². The zero-order valence-electron chi connectivity index (χ0n) is 17.6. The number of aromatic nitrogens is 3. The molecule has 2 aromatic rings. The first-order chi connectivity index (χ1) is 14.0. The summed E-state index contributed by atoms with van der Waals surface area (Å²) in [5.41, 5.74) is 1.48. The monoisotopic (exact) mass is 397 g/mol. The molecule has 7 heteroatoms. The van der Waals surface area contributed by atoms with Crippen LogP contribution in [0.5, 0.6) is 0 Å². The Hall–Kier alpha value is -2.70. The summed E-state index contributed by atoms with van der Waals surface area (Å²) in [5, 5.41) is 14.5. The van der Waals surface area contributed by atoms with Gasteiger partial charge in [-0.1, -0.05) is 38.5 Å². The van der Waals surface area contributed by atoms with Crippen molar-refractivity contribution in [1.29, 1.82) is 0 Å². The number of amides is 2. The fourth-order valence-corrected chi connectivity index (χ4v) is 3.72. The normalized spacial score (nSPS) is 14.8. The van der Waals surface area contributed by atoms with Crippen molar-refractivity contribution in [2.24, 2.45) is 5.92 Å². The number of carbonyl (C=O) groups is 2. The number of hydrogen-bond donors (Lipinski definition) is 2. The minimum atomic E-state index is -0.586. The molecule has 7 nitrogen and oxygen atoms in total. The highest BCUT2D eigenvalue weighted by Gasteiger charge is 2.25. The van der Waals surface area contributed by atoms with E-state index in [1.165, 1.54) is 6.42 Å². The van der Waals surface area contributed by atoms with Gasteiger partial charge in [-0.15, -0.1) is 10.2 Å². The smallest absolute Gasteiger partial charge is 0.252 e. The molecule has 1 unspecified atom stereocenters. The van der Waals surface area contributed by atoms with E-state index in [1.807, 2.05) is 39.0 Å². The van der Waals surface area contributed by atoms with Crippen molar-refractivity contribution >= 4 is 11.8 Å². The van der Waals surface area contributed by atoms with Crippen LogP contribution < -0.4 is 10.6 Å². The molecule has 2 amide bonds. The van der Waals surface area contributed by atoms with E-state index in [0.717, 1.165) is 43.0 Å². The van der Waals surface area contributed by atoms with Crippen LogP contribution in [-0.4, -0.2) is 39.2 Å². The van der Waals surface area contributed by atoms with E-state index >= 15 is 0 Å². The molecule has 1 atom stereocenters. The lowest BCUT2D eigenvalue weighted by Crippen LogP contribution is -2.50. The van der Waals surface area contributed by atoms with Crippen molar-refractivity contribution in [2.45, 2.75) is 65.5 Å². The molecule has 0 spiro atoms. The average molecular weight is 398 g/mol. The predicted molar refractivity (Wildman–Crippen MR) is 112 cm³/mol. The Bertz CT molecular complexity index is 859. The quantitative estimate of drug-likeness (QED) is 0.751. The Balaban J connectivity index is 1.57. The van der Waals surface area contributed by atoms with Crippen LogP contribution >= 0.6 is 0 Å². The molecule has 0 radical (unpaired) electrons. The molecule has 156 valence electrons. The first kappa shape index (κ1) is 21.0. The van der Waals surface area contributed by atoms with E-state index in [2.05, 4.69) is 25.4 Å². The van der Waals surface area contributed by atoms with Crippen LogP contribution in [0.3, 0.4) is 0 Å². The maximum Gasteiger partial charge on any atom is 0.252 e. The zero-order chi connectivity index (χ0) is 20.8. The maximum absolute atomic E-state index is 12.7. The highest BCUT2D eigenvalue weighted by Crippen LogP contribution is 2.14. The fraction of sp³-hybridized carbons (Fsp3) is 0.545. The van der Waals surface area contributed by atoms with Crippen molar-refractivity contribution in [3.05, 3.63) is 47.0 Å². The number of fused-ring (bicyclic) bond motifs is 1. The fourth-order valence-electron chi connectivity index (χ4n) is 3.72. The first-order valence-electron chi connectivity index (χ1n) is 10.5. The summed E-state index contributed by atoms with van der Waals surface area (Å²) in [6.07, 6.45) is 5.13. The summed E-state index contributed by atoms with van der Waals surface area (Å²) < 4.78 is 2.19. The third kappa shape index (κ3) is 5.22. The number of aryl methyl sites for hydroxylation is 2. The van der Waals surface area contributed by atoms with Crippen LogP contribution in [0.4, 0.5) is 0 Å². The Labute approximate surface area is 172 Å². The third-order valence-corrected chi connectivity index (χ3v) is 5.46. The van der Waals surface area contributed by atoms with E-state index in [4.69, 9.17) is 0 Å². The highest BCUT2D eigenvalue weighted by molar-refractivity contribution is 5.98. The van der Waals surface area contributed by atoms with Crippen molar-refractivity contribution in [3.8, 4) is 0 Å². The molecule has 3 rings (SSSR count). The molecule has 0 aliphatic carbocycles. The second-order valence-electron chi connectivity index (χ2n) is 8.05. The second-order valence-corrected chi connectivity index (χ2v) is 8.05. The Morgan fingerprint density at radius 1 is 1.14 bits per heavy atom. The second kappa shape index (κ2) is 9.67. The summed E-state index contributed by atoms with van der Waals surface area (Å²) in [6, 6.07) is 6.80. The number of rotatable bonds is 7. The van der Waals surface area contributed by atoms with Gasteiger partial charge in [0.1, 0.15) is 17.7 Å². The number of benzene rings is 1. The van der Waals surface area contributed by atoms with Crippen LogP contribution in [0.2, 0.25) is 0 Å². The Morgan fingerprint density at radius 2 is 1.93 bits per heavy atom. The van der Waals surface area contributed by atoms with Gasteiger partial charge in [0.15, 0.2) is 0 Å². The lowest BCUT2D eigenvalue weighted by molar-refractivity contribution is -0.123. The van der Waals surface area contributed by atoms with Gasteiger partial charge in [0.25, 0.3) is 5.91 Å². The van der Waals surface area contributed by atoms with Gasteiger partial charge < -0.3 is 15.2 Å². The lowest BCUT2D eigenvalue weighted by Gasteiger charge is -2.22. The zero-order valence-corrected chi connectivity index (χ0v) is 17.6. The van der Waals surface area contributed by atoms with Gasteiger partial charge in [-0.2, -0.15) is 0 Å². The number of nitrogens with zero attached hydrogens (tertiary/aromatic N) is 3. The molecular weight excluding hydrogens is 366 g/mol. The van der Waals surface area contributed by atoms with Gasteiger partial charge in [0.05, 0.1) is 0 Å². The van der Waals surface area contributed by atoms with Crippen molar-refractivity contribution in [2.75, 3.05) is 6.54 Å². The van der Waals surface area contributed by atoms with Crippen LogP contribution in [0.15, 0.2) is 24.3 Å². The molecule has 1 aromatic heterocycles. The van der Waals surface area contributed by atoms with E-state index < -0.39 is 6.04 Å². The highest BCUT2D eigenvalue weighted by atomic mass is 16.2. The lowest BCUT2D eigenvalue weighted by atomic mass is 10.0. The number of carbonyl (C=O) groups excluding carboxylic acids is 2. The SMILES string of the molecule is Cc1ccccc1C(=O)NC(C(=O)NCCc1nnc2n1CCCCC2)C(C)C. The van der Waals surface area contributed by atoms with Crippen LogP contribution in [0.1, 0.15) is 60.7 Å². The summed E-state index contributed by atoms with van der Waals surface area (Å²) in [6.45, 7) is 7.18. The van der Waals surface area contributed by atoms with Crippen LogP contribution in [0, 0.1) is 12.8 Å². The van der Waals surface area contributed by atoms with Crippen molar-refractivity contribution in [1.82, 2.24) is 25.4 Å². The first-order valence-corrected chi connectivity index (χ1v) is 10.5. The van der Waals surface area contributed by atoms with E-state index in [0.29, 0.717) is 18.5 Å². The van der Waals surface area contributed by atoms with Gasteiger partial charge in [0.2, 0.25) is 5.91 Å². The Morgan fingerprint density at radius 3 is 2.69 bits per heavy atom. The molecule has 29 heavy (non-hydrogen) atoms. The minimum Gasteiger partial charge on any atom is -0.354 e. The van der Waals surface area contributed by atoms with Crippen LogP contribution in [-0.2, 0) is 24.2 Å². The average Bonchev–Trinajstić information content (AvgIpc) is 2.92. The minimum absolute atomic E-state index is 0.0210. The molecule has 1 aliphatic rings. The molecule has 0 saturated carbocycles. The molecule has 0 fully saturated rings. The van der Waals surface area contributed by atoms with Crippen molar-refractivity contribution in [3.63, 3.8) is 0 Å². The number of nitrogens with one attached hydrogen (secondary N) is 2. The number of hydrogen-bond acceptors (Lipinski definition) is 4. The molecule has 0 bridgehead atoms. The van der Waals surface area contributed by atoms with E-state index in [1.54, 1.807) is 6.07 Å². The third-order valence-electron chi connectivity index (χ3n) is 5.46. The molecule has 2 N–H and O–H groups in total. The largest absolute Gasteiger partial charge is 0.354 e. The standard InChI is InChI=1S/C22H31N5O2/c1-15(2)20(24-21(28)17-10-7-6-9-16(17)3)22(29)23-13-12-19-26-25-18-11-5-4-8-14-27(18)19/h6-7,9-10,15,20H,4-5,8,11-14H2,1-3H3,(H,23,29)(H,24,28). The van der Waals surface area contributed by atoms with E-state index in [-0.39, 0.29) is 17.7 Å². The van der Waals surface area contributed by atoms with Gasteiger partial charge in [-0.3, -0.25) is 9.59 Å². The van der Waals surface area contributed by atoms with Gasteiger partial charge in [0, 0.05) is 31.5 Å². The Kier molecular flexibility index (Phi) is 7.01. The van der Waals surface area contributed by atoms with E-state index in [9.17, 15) is 9.59 Å². The van der Waals surface area contributed by atoms with Gasteiger partial charge in [-0.05, 0) is 37.3 Å². The molecule has 1 aromatic carbocycles. The predicted octanol–water partition coefficient (Wildman–Crippen LogP) is 2.43. The molecule has 1 aliphatic heterocycles. The topological polar surface area (TPSA) is 88.9 Å².